The molecule has 1 saturated carbocycles. The third-order valence-corrected chi connectivity index (χ3v) is 4.40. The van der Waals surface area contributed by atoms with Crippen LogP contribution in [0.15, 0.2) is 28.7 Å². The zero-order valence-corrected chi connectivity index (χ0v) is 13.9. The maximum absolute atomic E-state index is 12.5. The molecule has 1 unspecified atom stereocenters. The Balaban J connectivity index is 2.32. The van der Waals surface area contributed by atoms with Crippen molar-refractivity contribution >= 4 is 21.9 Å². The molecule has 1 aliphatic carbocycles. The molecular formula is C16H22BrNO2. The zero-order chi connectivity index (χ0) is 15.0. The minimum atomic E-state index is -1.06. The largest absolute Gasteiger partial charge is 0.461 e. The Morgan fingerprint density at radius 2 is 1.95 bits per heavy atom. The van der Waals surface area contributed by atoms with Gasteiger partial charge in [-0.3, -0.25) is 0 Å². The summed E-state index contributed by atoms with van der Waals surface area (Å²) in [6.45, 7) is 5.87. The third kappa shape index (κ3) is 3.41. The highest BCUT2D eigenvalue weighted by Gasteiger charge is 2.49. The van der Waals surface area contributed by atoms with Gasteiger partial charge in [-0.15, -0.1) is 0 Å². The van der Waals surface area contributed by atoms with Crippen LogP contribution in [0.3, 0.4) is 0 Å². The second-order valence-corrected chi connectivity index (χ2v) is 7.34. The molecule has 0 saturated heterocycles. The van der Waals surface area contributed by atoms with Crippen molar-refractivity contribution in [2.75, 3.05) is 0 Å². The van der Waals surface area contributed by atoms with E-state index in [1.165, 1.54) is 0 Å². The van der Waals surface area contributed by atoms with E-state index in [1.54, 1.807) is 0 Å². The van der Waals surface area contributed by atoms with Crippen LogP contribution in [0.4, 0.5) is 0 Å². The van der Waals surface area contributed by atoms with Crippen LogP contribution in [0, 0.1) is 5.41 Å². The van der Waals surface area contributed by atoms with E-state index in [0.717, 1.165) is 22.9 Å². The molecule has 1 atom stereocenters. The highest BCUT2D eigenvalue weighted by atomic mass is 79.9. The predicted octanol–water partition coefficient (Wildman–Crippen LogP) is 3.74. The van der Waals surface area contributed by atoms with E-state index in [9.17, 15) is 4.79 Å². The molecular weight excluding hydrogens is 318 g/mol. The number of halogens is 1. The lowest BCUT2D eigenvalue weighted by Gasteiger charge is -2.31. The van der Waals surface area contributed by atoms with Gasteiger partial charge in [0.2, 0.25) is 0 Å². The van der Waals surface area contributed by atoms with Gasteiger partial charge in [0.25, 0.3) is 0 Å². The molecule has 0 heterocycles. The molecule has 0 spiro atoms. The summed E-state index contributed by atoms with van der Waals surface area (Å²) in [6.07, 6.45) is 2.72. The fraction of sp³-hybridized carbons (Fsp3) is 0.562. The number of benzene rings is 1. The first kappa shape index (κ1) is 15.5. The Labute approximate surface area is 129 Å². The van der Waals surface area contributed by atoms with Crippen LogP contribution in [0.25, 0.3) is 0 Å². The minimum Gasteiger partial charge on any atom is -0.461 e. The molecule has 110 valence electrons. The Morgan fingerprint density at radius 1 is 1.40 bits per heavy atom. The molecule has 3 nitrogen and oxygen atoms in total. The summed E-state index contributed by atoms with van der Waals surface area (Å²) in [5.41, 5.74) is 6.42. The normalized spacial score (nSPS) is 19.5. The van der Waals surface area contributed by atoms with Crippen LogP contribution in [-0.2, 0) is 15.1 Å². The zero-order valence-electron chi connectivity index (χ0n) is 12.3. The number of rotatable bonds is 5. The second-order valence-electron chi connectivity index (χ2n) is 6.42. The van der Waals surface area contributed by atoms with E-state index < -0.39 is 5.54 Å². The fourth-order valence-electron chi connectivity index (χ4n) is 2.42. The lowest BCUT2D eigenvalue weighted by Crippen LogP contribution is -2.48. The number of hydrogen-bond donors (Lipinski definition) is 1. The summed E-state index contributed by atoms with van der Waals surface area (Å²) >= 11 is 3.41. The molecule has 1 aromatic rings. The second kappa shape index (κ2) is 5.49. The summed E-state index contributed by atoms with van der Waals surface area (Å²) in [5.74, 6) is -0.331. The standard InChI is InChI=1S/C16H22BrNO2/c1-11(2)20-14(19)16(18,10-15(3)8-9-15)12-4-6-13(17)7-5-12/h4-7,11H,8-10,18H2,1-3H3. The number of carbonyl (C=O) groups is 1. The molecule has 1 aliphatic rings. The minimum absolute atomic E-state index is 0.159. The Hall–Kier alpha value is -0.870. The highest BCUT2D eigenvalue weighted by molar-refractivity contribution is 9.10. The average molecular weight is 340 g/mol. The quantitative estimate of drug-likeness (QED) is 0.831. The Bertz CT molecular complexity index is 494. The molecule has 0 aromatic heterocycles. The van der Waals surface area contributed by atoms with Gasteiger partial charge in [-0.2, -0.15) is 0 Å². The maximum atomic E-state index is 12.5. The maximum Gasteiger partial charge on any atom is 0.331 e. The summed E-state index contributed by atoms with van der Waals surface area (Å²) in [7, 11) is 0. The van der Waals surface area contributed by atoms with E-state index in [-0.39, 0.29) is 17.5 Å². The van der Waals surface area contributed by atoms with Crippen molar-refractivity contribution in [3.05, 3.63) is 34.3 Å². The molecule has 1 aromatic carbocycles. The van der Waals surface area contributed by atoms with Gasteiger partial charge < -0.3 is 10.5 Å². The number of ether oxygens (including phenoxy) is 1. The summed E-state index contributed by atoms with van der Waals surface area (Å²) in [4.78, 5) is 12.5. The number of hydrogen-bond acceptors (Lipinski definition) is 3. The van der Waals surface area contributed by atoms with E-state index >= 15 is 0 Å². The van der Waals surface area contributed by atoms with Gasteiger partial charge in [0.1, 0.15) is 5.54 Å². The number of nitrogens with two attached hydrogens (primary N) is 1. The van der Waals surface area contributed by atoms with Gasteiger partial charge in [0.15, 0.2) is 0 Å². The van der Waals surface area contributed by atoms with Crippen molar-refractivity contribution in [2.45, 2.75) is 51.7 Å². The van der Waals surface area contributed by atoms with Crippen LogP contribution in [0.5, 0.6) is 0 Å². The topological polar surface area (TPSA) is 52.3 Å². The fourth-order valence-corrected chi connectivity index (χ4v) is 2.69. The SMILES string of the molecule is CC(C)OC(=O)C(N)(CC1(C)CC1)c1ccc(Br)cc1. The number of esters is 1. The van der Waals surface area contributed by atoms with Gasteiger partial charge in [0, 0.05) is 4.47 Å². The van der Waals surface area contributed by atoms with Crippen molar-refractivity contribution in [3.63, 3.8) is 0 Å². The molecule has 2 rings (SSSR count). The van der Waals surface area contributed by atoms with Crippen molar-refractivity contribution in [1.29, 1.82) is 0 Å². The van der Waals surface area contributed by atoms with Gasteiger partial charge in [-0.25, -0.2) is 4.79 Å². The third-order valence-electron chi connectivity index (χ3n) is 3.88. The van der Waals surface area contributed by atoms with E-state index in [2.05, 4.69) is 22.9 Å². The van der Waals surface area contributed by atoms with Gasteiger partial charge in [0.05, 0.1) is 6.10 Å². The first-order valence-corrected chi connectivity index (χ1v) is 7.80. The van der Waals surface area contributed by atoms with E-state index in [1.807, 2.05) is 38.1 Å². The lowest BCUT2D eigenvalue weighted by molar-refractivity contribution is -0.155. The molecule has 2 N–H and O–H groups in total. The predicted molar refractivity (Wildman–Crippen MR) is 83.2 cm³/mol. The Kier molecular flexibility index (Phi) is 4.26. The van der Waals surface area contributed by atoms with E-state index in [4.69, 9.17) is 10.5 Å². The van der Waals surface area contributed by atoms with Crippen LogP contribution in [-0.4, -0.2) is 12.1 Å². The van der Waals surface area contributed by atoms with Crippen LogP contribution < -0.4 is 5.73 Å². The molecule has 1 fully saturated rings. The molecule has 0 radical (unpaired) electrons. The summed E-state index contributed by atoms with van der Waals surface area (Å²) in [6, 6.07) is 7.62. The van der Waals surface area contributed by atoms with Gasteiger partial charge in [-0.05, 0) is 56.2 Å². The lowest BCUT2D eigenvalue weighted by atomic mass is 9.81. The summed E-state index contributed by atoms with van der Waals surface area (Å²) in [5, 5.41) is 0. The average Bonchev–Trinajstić information content (AvgIpc) is 3.06. The van der Waals surface area contributed by atoms with Crippen molar-refractivity contribution in [1.82, 2.24) is 0 Å². The first-order valence-electron chi connectivity index (χ1n) is 7.01. The van der Waals surface area contributed by atoms with Crippen LogP contribution in [0.1, 0.15) is 45.6 Å². The molecule has 20 heavy (non-hydrogen) atoms. The molecule has 0 aliphatic heterocycles. The Morgan fingerprint density at radius 3 is 2.40 bits per heavy atom. The van der Waals surface area contributed by atoms with Crippen LogP contribution >= 0.6 is 15.9 Å². The highest BCUT2D eigenvalue weighted by Crippen LogP contribution is 2.52. The van der Waals surface area contributed by atoms with Crippen molar-refractivity contribution in [2.24, 2.45) is 11.1 Å². The van der Waals surface area contributed by atoms with Gasteiger partial charge in [-0.1, -0.05) is 35.0 Å². The molecule has 4 heteroatoms. The molecule has 0 amide bonds. The van der Waals surface area contributed by atoms with Crippen molar-refractivity contribution < 1.29 is 9.53 Å². The number of carbonyl (C=O) groups excluding carboxylic acids is 1. The molecule has 0 bridgehead atoms. The smallest absolute Gasteiger partial charge is 0.331 e. The first-order chi connectivity index (χ1) is 9.25. The van der Waals surface area contributed by atoms with Crippen molar-refractivity contribution in [3.8, 4) is 0 Å². The monoisotopic (exact) mass is 339 g/mol. The van der Waals surface area contributed by atoms with Gasteiger partial charge >= 0.3 is 5.97 Å². The van der Waals surface area contributed by atoms with E-state index in [0.29, 0.717) is 6.42 Å². The summed E-state index contributed by atoms with van der Waals surface area (Å²) < 4.78 is 6.37. The van der Waals surface area contributed by atoms with Crippen LogP contribution in [0.2, 0.25) is 0 Å².